The van der Waals surface area contributed by atoms with Crippen LogP contribution in [0.3, 0.4) is 0 Å². The molecule has 2 aliphatic heterocycles. The summed E-state index contributed by atoms with van der Waals surface area (Å²) in [4.78, 5) is 49.3. The van der Waals surface area contributed by atoms with E-state index in [1.54, 1.807) is 20.8 Å². The number of nitrogens with one attached hydrogen (secondary N) is 2. The fourth-order valence-electron chi connectivity index (χ4n) is 4.17. The molecular weight excluding hydrogens is 637 g/mol. The highest BCUT2D eigenvalue weighted by Crippen LogP contribution is 2.45. The van der Waals surface area contributed by atoms with Gasteiger partial charge in [0.1, 0.15) is 17.6 Å². The van der Waals surface area contributed by atoms with Crippen molar-refractivity contribution < 1.29 is 47.4 Å². The monoisotopic (exact) mass is 675 g/mol. The van der Waals surface area contributed by atoms with Gasteiger partial charge in [0.05, 0.1) is 26.2 Å². The van der Waals surface area contributed by atoms with E-state index in [2.05, 4.69) is 10.4 Å². The standard InChI is InChI=1S/C28H39ClN3O10PS/c1-4-39-27(37)30-12-11-28(2,3)26(36)44-15-14-40-43(38,31-17-19-8-6-5-7-9-19)41-18-21-24(35)23(29)25(42-21)32-13-10-20(33)16-22(32)34/h5-10,13,21,23-25,35H,4,11-12,14-18H2,1-3H3,(H,30,37)(H,31,38)/t21-,23-,24-,25-,43?/m1/s1. The van der Waals surface area contributed by atoms with Crippen molar-refractivity contribution in [3.63, 3.8) is 0 Å². The van der Waals surface area contributed by atoms with Gasteiger partial charge >= 0.3 is 13.8 Å². The number of carbonyl (C=O) groups excluding carboxylic acids is 4. The Hall–Kier alpha value is -2.29. The van der Waals surface area contributed by atoms with Crippen molar-refractivity contribution in [1.29, 1.82) is 0 Å². The van der Waals surface area contributed by atoms with Crippen molar-refractivity contribution in [1.82, 2.24) is 15.3 Å². The Bertz CT molecular complexity index is 1240. The maximum absolute atomic E-state index is 13.7. The Labute approximate surface area is 265 Å². The minimum absolute atomic E-state index is 0.109. The smallest absolute Gasteiger partial charge is 0.407 e. The van der Waals surface area contributed by atoms with Gasteiger partial charge in [0.2, 0.25) is 5.91 Å². The number of thioether (sulfide) groups is 1. The van der Waals surface area contributed by atoms with Gasteiger partial charge in [0.25, 0.3) is 0 Å². The van der Waals surface area contributed by atoms with Crippen LogP contribution in [0.4, 0.5) is 4.79 Å². The predicted octanol–water partition coefficient (Wildman–Crippen LogP) is 3.35. The molecule has 2 heterocycles. The molecule has 0 radical (unpaired) electrons. The first-order chi connectivity index (χ1) is 20.8. The van der Waals surface area contributed by atoms with Crippen LogP contribution in [0.1, 0.15) is 39.2 Å². The third-order valence-corrected chi connectivity index (χ3v) is 9.97. The molecule has 2 amide bonds. The third-order valence-electron chi connectivity index (χ3n) is 6.76. The number of allylic oxidation sites excluding steroid dienone is 1. The summed E-state index contributed by atoms with van der Waals surface area (Å²) in [6, 6.07) is 9.14. The molecule has 2 aliphatic rings. The molecule has 3 N–H and O–H groups in total. The lowest BCUT2D eigenvalue weighted by atomic mass is 9.91. The van der Waals surface area contributed by atoms with Gasteiger partial charge in [0, 0.05) is 30.5 Å². The Morgan fingerprint density at radius 1 is 1.23 bits per heavy atom. The van der Waals surface area contributed by atoms with Crippen LogP contribution in [-0.2, 0) is 44.0 Å². The van der Waals surface area contributed by atoms with Gasteiger partial charge in [-0.15, -0.1) is 11.6 Å². The van der Waals surface area contributed by atoms with E-state index in [9.17, 15) is 28.8 Å². The molecule has 0 aliphatic carbocycles. The number of alkyl carbamates (subject to hydrolysis) is 1. The number of alkyl halides is 1. The van der Waals surface area contributed by atoms with Crippen LogP contribution in [0.15, 0.2) is 42.6 Å². The first-order valence-electron chi connectivity index (χ1n) is 14.1. The van der Waals surface area contributed by atoms with Crippen LogP contribution in [0, 0.1) is 5.41 Å². The molecule has 0 bridgehead atoms. The molecule has 0 spiro atoms. The molecule has 16 heteroatoms. The number of rotatable bonds is 16. The zero-order valence-corrected chi connectivity index (χ0v) is 27.3. The second-order valence-electron chi connectivity index (χ2n) is 10.6. The molecule has 1 aromatic rings. The van der Waals surface area contributed by atoms with Crippen molar-refractivity contribution in [3.05, 3.63) is 48.2 Å². The van der Waals surface area contributed by atoms with Crippen LogP contribution in [0.5, 0.6) is 0 Å². The van der Waals surface area contributed by atoms with E-state index in [1.807, 2.05) is 30.3 Å². The van der Waals surface area contributed by atoms with Gasteiger partial charge in [-0.05, 0) is 25.0 Å². The van der Waals surface area contributed by atoms with E-state index < -0.39 is 55.6 Å². The van der Waals surface area contributed by atoms with Crippen LogP contribution < -0.4 is 10.4 Å². The number of amides is 2. The van der Waals surface area contributed by atoms with Crippen molar-refractivity contribution >= 4 is 54.0 Å². The number of nitrogens with zero attached hydrogens (tertiary/aromatic N) is 1. The highest BCUT2D eigenvalue weighted by Gasteiger charge is 2.47. The molecule has 1 saturated heterocycles. The molecule has 0 aromatic heterocycles. The average molecular weight is 676 g/mol. The molecular formula is C28H39ClN3O10PS. The lowest BCUT2D eigenvalue weighted by Crippen LogP contribution is -2.44. The van der Waals surface area contributed by atoms with Crippen molar-refractivity contribution in [3.8, 4) is 0 Å². The molecule has 0 saturated carbocycles. The highest BCUT2D eigenvalue weighted by molar-refractivity contribution is 8.13. The molecule has 5 atom stereocenters. The van der Waals surface area contributed by atoms with Gasteiger partial charge in [-0.2, -0.15) is 0 Å². The van der Waals surface area contributed by atoms with Gasteiger partial charge in [-0.1, -0.05) is 55.9 Å². The maximum Gasteiger partial charge on any atom is 0.407 e. The van der Waals surface area contributed by atoms with E-state index in [0.29, 0.717) is 6.42 Å². The molecule has 44 heavy (non-hydrogen) atoms. The lowest BCUT2D eigenvalue weighted by Gasteiger charge is -2.28. The molecule has 1 fully saturated rings. The summed E-state index contributed by atoms with van der Waals surface area (Å²) in [6.45, 7) is 5.38. The Kier molecular flexibility index (Phi) is 13.9. The fraction of sp³-hybridized carbons (Fsp3) is 0.571. The number of benzene rings is 1. The zero-order chi connectivity index (χ0) is 32.3. The summed E-state index contributed by atoms with van der Waals surface area (Å²) in [6.07, 6.45) is -1.41. The fourth-order valence-corrected chi connectivity index (χ4v) is 6.79. The second-order valence-corrected chi connectivity index (χ2v) is 14.0. The Balaban J connectivity index is 1.56. The lowest BCUT2D eigenvalue weighted by molar-refractivity contribution is -0.143. The van der Waals surface area contributed by atoms with Gasteiger partial charge in [-0.25, -0.2) is 14.4 Å². The molecule has 1 aromatic carbocycles. The minimum atomic E-state index is -4.00. The zero-order valence-electron chi connectivity index (χ0n) is 24.8. The summed E-state index contributed by atoms with van der Waals surface area (Å²) < 4.78 is 35.6. The molecule has 244 valence electrons. The van der Waals surface area contributed by atoms with Gasteiger partial charge in [0.15, 0.2) is 17.1 Å². The number of carbonyl (C=O) groups is 4. The molecule has 13 nitrogen and oxygen atoms in total. The van der Waals surface area contributed by atoms with Gasteiger partial charge < -0.3 is 19.9 Å². The van der Waals surface area contributed by atoms with E-state index in [1.165, 1.54) is 12.3 Å². The predicted molar refractivity (Wildman–Crippen MR) is 164 cm³/mol. The summed E-state index contributed by atoms with van der Waals surface area (Å²) in [7, 11) is -4.00. The summed E-state index contributed by atoms with van der Waals surface area (Å²) in [5.74, 6) is -0.705. The largest absolute Gasteiger partial charge is 0.450 e. The number of ketones is 1. The van der Waals surface area contributed by atoms with Crippen LogP contribution >= 0.6 is 31.1 Å². The van der Waals surface area contributed by atoms with E-state index in [4.69, 9.17) is 30.1 Å². The maximum atomic E-state index is 13.7. The Morgan fingerprint density at radius 2 is 1.95 bits per heavy atom. The van der Waals surface area contributed by atoms with Crippen LogP contribution in [0.2, 0.25) is 0 Å². The van der Waals surface area contributed by atoms with Gasteiger partial charge in [-0.3, -0.25) is 28.3 Å². The summed E-state index contributed by atoms with van der Waals surface area (Å²) in [5.41, 5.74) is 0.0595. The minimum Gasteiger partial charge on any atom is -0.450 e. The van der Waals surface area contributed by atoms with Crippen molar-refractivity contribution in [2.45, 2.75) is 64.0 Å². The number of hydrogen-bond donors (Lipinski definition) is 3. The highest BCUT2D eigenvalue weighted by atomic mass is 35.5. The normalized spacial score (nSPS) is 23.4. The molecule has 1 unspecified atom stereocenters. The van der Waals surface area contributed by atoms with E-state index in [-0.39, 0.29) is 49.4 Å². The first-order valence-corrected chi connectivity index (χ1v) is 17.1. The van der Waals surface area contributed by atoms with Crippen LogP contribution in [-0.4, -0.2) is 88.8 Å². The van der Waals surface area contributed by atoms with Crippen molar-refractivity contribution in [2.75, 3.05) is 32.1 Å². The van der Waals surface area contributed by atoms with Crippen LogP contribution in [0.25, 0.3) is 0 Å². The topological polar surface area (TPSA) is 170 Å². The first kappa shape index (κ1) is 36.2. The summed E-state index contributed by atoms with van der Waals surface area (Å²) >= 11 is 7.36. The quantitative estimate of drug-likeness (QED) is 0.101. The number of ether oxygens (including phenoxy) is 2. The Morgan fingerprint density at radius 3 is 2.64 bits per heavy atom. The second kappa shape index (κ2) is 16.9. The number of aliphatic hydroxyl groups excluding tert-OH is 1. The summed E-state index contributed by atoms with van der Waals surface area (Å²) in [5, 5.41) is 14.9. The van der Waals surface area contributed by atoms with E-state index >= 15 is 0 Å². The van der Waals surface area contributed by atoms with Crippen molar-refractivity contribution in [2.24, 2.45) is 5.41 Å². The third kappa shape index (κ3) is 10.7. The van der Waals surface area contributed by atoms with E-state index in [0.717, 1.165) is 22.2 Å². The number of hydrogen-bond acceptors (Lipinski definition) is 11. The number of halogens is 1. The SMILES string of the molecule is CCOC(=O)NCCC(C)(C)C(=O)SCCOP(=O)(NCc1ccccc1)OC[C@H]1O[C@@H](N2C=CC(=O)CC2=O)[C@H](Cl)[C@@H]1O. The average Bonchev–Trinajstić information content (AvgIpc) is 3.26. The molecule has 3 rings (SSSR count). The number of aliphatic hydroxyl groups is 1.